The highest BCUT2D eigenvalue weighted by Crippen LogP contribution is 2.08. The highest BCUT2D eigenvalue weighted by Gasteiger charge is 2.08. The van der Waals surface area contributed by atoms with Crippen LogP contribution in [-0.2, 0) is 14.8 Å². The van der Waals surface area contributed by atoms with Crippen molar-refractivity contribution in [3.63, 3.8) is 0 Å². The van der Waals surface area contributed by atoms with E-state index in [1.165, 1.54) is 25.4 Å². The average molecular weight is 230 g/mol. The number of carbonyl (C=O) groups excluding carboxylic acids is 1. The minimum atomic E-state index is -3.39. The number of carbonyl (C=O) groups is 1. The number of rotatable bonds is 3. The van der Waals surface area contributed by atoms with Crippen LogP contribution in [0.5, 0.6) is 0 Å². The Balaban J connectivity index is 2.98. The fourth-order valence-corrected chi connectivity index (χ4v) is 1.41. The molecular formula is C8H10N2O4S. The number of hydrogen-bond donors (Lipinski definition) is 1. The normalized spacial score (nSPS) is 10.8. The first-order valence-electron chi connectivity index (χ1n) is 3.94. The number of sulfonamides is 1. The molecule has 0 saturated heterocycles. The van der Waals surface area contributed by atoms with Crippen molar-refractivity contribution in [2.24, 2.45) is 0 Å². The maximum absolute atomic E-state index is 11.1. The first-order chi connectivity index (χ1) is 6.92. The second-order valence-electron chi connectivity index (χ2n) is 2.80. The number of esters is 1. The predicted octanol–water partition coefficient (Wildman–Crippen LogP) is 0.240. The van der Waals surface area contributed by atoms with E-state index in [2.05, 4.69) is 14.4 Å². The van der Waals surface area contributed by atoms with Gasteiger partial charge in [-0.25, -0.2) is 18.2 Å². The summed E-state index contributed by atoms with van der Waals surface area (Å²) in [6.45, 7) is 0. The average Bonchev–Trinajstić information content (AvgIpc) is 2.14. The lowest BCUT2D eigenvalue weighted by Gasteiger charge is -2.03. The zero-order valence-corrected chi connectivity index (χ0v) is 9.04. The molecule has 1 aromatic rings. The number of nitrogens with zero attached hydrogens (tertiary/aromatic N) is 1. The lowest BCUT2D eigenvalue weighted by molar-refractivity contribution is 0.0600. The molecule has 6 nitrogen and oxygen atoms in total. The highest BCUT2D eigenvalue weighted by molar-refractivity contribution is 7.92. The van der Waals surface area contributed by atoms with E-state index >= 15 is 0 Å². The van der Waals surface area contributed by atoms with Crippen molar-refractivity contribution in [3.8, 4) is 0 Å². The van der Waals surface area contributed by atoms with Crippen molar-refractivity contribution < 1.29 is 17.9 Å². The van der Waals surface area contributed by atoms with Gasteiger partial charge in [0.2, 0.25) is 10.0 Å². The van der Waals surface area contributed by atoms with Gasteiger partial charge in [0.1, 0.15) is 5.82 Å². The van der Waals surface area contributed by atoms with Gasteiger partial charge in [-0.05, 0) is 12.1 Å². The second-order valence-corrected chi connectivity index (χ2v) is 4.54. The summed E-state index contributed by atoms with van der Waals surface area (Å²) in [6, 6.07) is 2.73. The van der Waals surface area contributed by atoms with Crippen LogP contribution in [0, 0.1) is 0 Å². The molecule has 0 unspecified atom stereocenters. The molecule has 0 spiro atoms. The maximum atomic E-state index is 11.1. The molecule has 1 rings (SSSR count). The van der Waals surface area contributed by atoms with Gasteiger partial charge in [0, 0.05) is 6.20 Å². The number of hydrogen-bond acceptors (Lipinski definition) is 5. The first kappa shape index (κ1) is 11.4. The number of anilines is 1. The van der Waals surface area contributed by atoms with E-state index in [9.17, 15) is 13.2 Å². The van der Waals surface area contributed by atoms with Crippen LogP contribution in [0.4, 0.5) is 5.82 Å². The van der Waals surface area contributed by atoms with Crippen molar-refractivity contribution in [3.05, 3.63) is 23.9 Å². The third-order valence-electron chi connectivity index (χ3n) is 1.47. The molecule has 15 heavy (non-hydrogen) atoms. The molecule has 0 amide bonds. The van der Waals surface area contributed by atoms with Crippen LogP contribution >= 0.6 is 0 Å². The Labute approximate surface area is 87.3 Å². The quantitative estimate of drug-likeness (QED) is 0.752. The molecule has 0 bridgehead atoms. The van der Waals surface area contributed by atoms with Crippen molar-refractivity contribution in [1.29, 1.82) is 0 Å². The van der Waals surface area contributed by atoms with Crippen LogP contribution in [0.3, 0.4) is 0 Å². The Morgan fingerprint density at radius 3 is 2.73 bits per heavy atom. The summed E-state index contributed by atoms with van der Waals surface area (Å²) in [5.41, 5.74) is 0.235. The Bertz CT molecular complexity index is 469. The van der Waals surface area contributed by atoms with Gasteiger partial charge in [-0.3, -0.25) is 4.72 Å². The van der Waals surface area contributed by atoms with Gasteiger partial charge in [0.15, 0.2) is 0 Å². The first-order valence-corrected chi connectivity index (χ1v) is 5.83. The summed E-state index contributed by atoms with van der Waals surface area (Å²) in [6.07, 6.45) is 2.32. The van der Waals surface area contributed by atoms with E-state index in [4.69, 9.17) is 0 Å². The molecular weight excluding hydrogens is 220 g/mol. The minimum Gasteiger partial charge on any atom is -0.465 e. The van der Waals surface area contributed by atoms with E-state index in [-0.39, 0.29) is 11.4 Å². The zero-order valence-electron chi connectivity index (χ0n) is 8.22. The summed E-state index contributed by atoms with van der Waals surface area (Å²) in [4.78, 5) is 14.8. The van der Waals surface area contributed by atoms with Crippen LogP contribution in [0.15, 0.2) is 18.3 Å². The number of pyridine rings is 1. The SMILES string of the molecule is COC(=O)c1ccnc(NS(C)(=O)=O)c1. The zero-order chi connectivity index (χ0) is 11.5. The lowest BCUT2D eigenvalue weighted by atomic mass is 10.3. The minimum absolute atomic E-state index is 0.0837. The predicted molar refractivity (Wildman–Crippen MR) is 54.0 cm³/mol. The molecule has 0 aliphatic heterocycles. The molecule has 0 fully saturated rings. The lowest BCUT2D eigenvalue weighted by Crippen LogP contribution is -2.11. The van der Waals surface area contributed by atoms with Crippen molar-refractivity contribution in [1.82, 2.24) is 4.98 Å². The van der Waals surface area contributed by atoms with Crippen LogP contribution in [-0.4, -0.2) is 32.7 Å². The molecule has 82 valence electrons. The highest BCUT2D eigenvalue weighted by atomic mass is 32.2. The summed E-state index contributed by atoms with van der Waals surface area (Å²) in [7, 11) is -2.15. The summed E-state index contributed by atoms with van der Waals surface area (Å²) < 4.78 is 28.4. The van der Waals surface area contributed by atoms with Gasteiger partial charge in [0.05, 0.1) is 18.9 Å². The molecule has 0 saturated carbocycles. The van der Waals surface area contributed by atoms with Crippen LogP contribution in [0.25, 0.3) is 0 Å². The number of aromatic nitrogens is 1. The van der Waals surface area contributed by atoms with Gasteiger partial charge in [-0.2, -0.15) is 0 Å². The van der Waals surface area contributed by atoms with Crippen molar-refractivity contribution in [2.45, 2.75) is 0 Å². The fourth-order valence-electron chi connectivity index (χ4n) is 0.921. The van der Waals surface area contributed by atoms with E-state index in [0.29, 0.717) is 0 Å². The molecule has 7 heteroatoms. The van der Waals surface area contributed by atoms with Gasteiger partial charge in [-0.1, -0.05) is 0 Å². The van der Waals surface area contributed by atoms with Gasteiger partial charge < -0.3 is 4.74 Å². The number of ether oxygens (including phenoxy) is 1. The monoisotopic (exact) mass is 230 g/mol. The van der Waals surface area contributed by atoms with E-state index in [1.807, 2.05) is 0 Å². The van der Waals surface area contributed by atoms with Crippen LogP contribution in [0.2, 0.25) is 0 Å². The largest absolute Gasteiger partial charge is 0.465 e. The van der Waals surface area contributed by atoms with Crippen LogP contribution < -0.4 is 4.72 Å². The van der Waals surface area contributed by atoms with E-state index in [0.717, 1.165) is 6.26 Å². The summed E-state index contributed by atoms with van der Waals surface area (Å²) >= 11 is 0. The Hall–Kier alpha value is -1.63. The molecule has 1 heterocycles. The van der Waals surface area contributed by atoms with Gasteiger partial charge in [-0.15, -0.1) is 0 Å². The van der Waals surface area contributed by atoms with Crippen molar-refractivity contribution >= 4 is 21.8 Å². The van der Waals surface area contributed by atoms with Crippen LogP contribution in [0.1, 0.15) is 10.4 Å². The molecule has 0 aromatic carbocycles. The van der Waals surface area contributed by atoms with E-state index < -0.39 is 16.0 Å². The Morgan fingerprint density at radius 2 is 2.20 bits per heavy atom. The number of methoxy groups -OCH3 is 1. The third-order valence-corrected chi connectivity index (χ3v) is 2.05. The van der Waals surface area contributed by atoms with Gasteiger partial charge in [0.25, 0.3) is 0 Å². The maximum Gasteiger partial charge on any atom is 0.338 e. The molecule has 1 N–H and O–H groups in total. The molecule has 0 aliphatic rings. The van der Waals surface area contributed by atoms with Gasteiger partial charge >= 0.3 is 5.97 Å². The smallest absolute Gasteiger partial charge is 0.338 e. The molecule has 1 aromatic heterocycles. The second kappa shape index (κ2) is 4.26. The standard InChI is InChI=1S/C8H10N2O4S/c1-14-8(11)6-3-4-9-7(5-6)10-15(2,12)13/h3-5H,1-2H3,(H,9,10). The summed E-state index contributed by atoms with van der Waals surface area (Å²) in [5.74, 6) is -0.464. The summed E-state index contributed by atoms with van der Waals surface area (Å²) in [5, 5.41) is 0. The fraction of sp³-hybridized carbons (Fsp3) is 0.250. The third kappa shape index (κ3) is 3.55. The van der Waals surface area contributed by atoms with E-state index in [1.54, 1.807) is 0 Å². The number of nitrogens with one attached hydrogen (secondary N) is 1. The Kier molecular flexibility index (Phi) is 3.25. The molecule has 0 aliphatic carbocycles. The topological polar surface area (TPSA) is 85.4 Å². The Morgan fingerprint density at radius 1 is 1.53 bits per heavy atom. The van der Waals surface area contributed by atoms with Crippen molar-refractivity contribution in [2.75, 3.05) is 18.1 Å². The molecule has 0 atom stereocenters. The molecule has 0 radical (unpaired) electrons.